The summed E-state index contributed by atoms with van der Waals surface area (Å²) in [7, 11) is 1.99. The minimum atomic E-state index is 0.733. The molecule has 2 aromatic heterocycles. The number of rotatable bonds is 3. The topological polar surface area (TPSA) is 29.9 Å². The third kappa shape index (κ3) is 2.17. The second-order valence-electron chi connectivity index (χ2n) is 5.11. The van der Waals surface area contributed by atoms with E-state index in [9.17, 15) is 0 Å². The van der Waals surface area contributed by atoms with E-state index in [0.717, 1.165) is 17.9 Å². The van der Waals surface area contributed by atoms with Gasteiger partial charge in [-0.05, 0) is 41.1 Å². The summed E-state index contributed by atoms with van der Waals surface area (Å²) < 4.78 is 3.26. The molecule has 0 unspecified atom stereocenters. The quantitative estimate of drug-likeness (QED) is 0.606. The van der Waals surface area contributed by atoms with E-state index in [0.29, 0.717) is 0 Å². The summed E-state index contributed by atoms with van der Waals surface area (Å²) in [5.74, 6) is 0. The van der Waals surface area contributed by atoms with Crippen molar-refractivity contribution >= 4 is 38.0 Å². The Labute approximate surface area is 126 Å². The van der Waals surface area contributed by atoms with Crippen LogP contribution in [-0.2, 0) is 13.6 Å². The van der Waals surface area contributed by atoms with Crippen molar-refractivity contribution in [2.24, 2.45) is 7.05 Å². The number of aromatic nitrogens is 2. The summed E-state index contributed by atoms with van der Waals surface area (Å²) in [6.45, 7) is 0.733. The Balaban J connectivity index is 1.63. The molecule has 1 N–H and O–H groups in total. The van der Waals surface area contributed by atoms with Gasteiger partial charge in [0.2, 0.25) is 0 Å². The first-order valence-electron chi connectivity index (χ1n) is 6.93. The van der Waals surface area contributed by atoms with Crippen LogP contribution < -0.4 is 5.32 Å². The Hall–Kier alpha value is -2.33. The van der Waals surface area contributed by atoms with Crippen LogP contribution in [0.25, 0.3) is 21.0 Å². The van der Waals surface area contributed by atoms with Crippen LogP contribution in [0.2, 0.25) is 0 Å². The highest BCUT2D eigenvalue weighted by Crippen LogP contribution is 2.25. The molecule has 4 heteroatoms. The first-order chi connectivity index (χ1) is 10.3. The molecule has 2 heterocycles. The largest absolute Gasteiger partial charge is 0.379 e. The molecule has 0 bridgehead atoms. The summed E-state index contributed by atoms with van der Waals surface area (Å²) in [5.41, 5.74) is 3.39. The first kappa shape index (κ1) is 12.4. The number of benzene rings is 2. The monoisotopic (exact) mass is 293 g/mol. The molecule has 0 aliphatic carbocycles. The second-order valence-corrected chi connectivity index (χ2v) is 6.06. The zero-order valence-corrected chi connectivity index (χ0v) is 12.5. The van der Waals surface area contributed by atoms with Gasteiger partial charge in [-0.25, -0.2) is 0 Å². The zero-order valence-electron chi connectivity index (χ0n) is 11.7. The van der Waals surface area contributed by atoms with E-state index < -0.39 is 0 Å². The van der Waals surface area contributed by atoms with E-state index in [1.165, 1.54) is 21.0 Å². The summed E-state index contributed by atoms with van der Waals surface area (Å²) in [4.78, 5) is 0. The molecule has 0 spiro atoms. The lowest BCUT2D eigenvalue weighted by molar-refractivity contribution is 0.771. The standard InChI is InChI=1S/C17H15N3S/c1-20-16-5-3-2-4-14(16)15(19-20)11-18-13-6-7-17-12(10-13)8-9-21-17/h2-10,18H,11H2,1H3. The number of anilines is 1. The Bertz CT molecular complexity index is 920. The molecule has 0 radical (unpaired) electrons. The number of para-hydroxylation sites is 1. The molecule has 3 nitrogen and oxygen atoms in total. The van der Waals surface area contributed by atoms with Crippen molar-refractivity contribution in [3.05, 3.63) is 59.6 Å². The molecule has 0 saturated heterocycles. The van der Waals surface area contributed by atoms with Crippen molar-refractivity contribution in [2.45, 2.75) is 6.54 Å². The predicted octanol–water partition coefficient (Wildman–Crippen LogP) is 4.40. The first-order valence-corrected chi connectivity index (χ1v) is 7.81. The van der Waals surface area contributed by atoms with E-state index in [1.54, 1.807) is 11.3 Å². The van der Waals surface area contributed by atoms with E-state index in [1.807, 2.05) is 17.8 Å². The minimum Gasteiger partial charge on any atom is -0.379 e. The van der Waals surface area contributed by atoms with Crippen molar-refractivity contribution in [2.75, 3.05) is 5.32 Å². The lowest BCUT2D eigenvalue weighted by Gasteiger charge is -2.05. The van der Waals surface area contributed by atoms with E-state index in [4.69, 9.17) is 0 Å². The molecular formula is C17H15N3S. The lowest BCUT2D eigenvalue weighted by atomic mass is 10.2. The molecule has 21 heavy (non-hydrogen) atoms. The van der Waals surface area contributed by atoms with Gasteiger partial charge < -0.3 is 5.32 Å². The number of fused-ring (bicyclic) bond motifs is 2. The number of aryl methyl sites for hydroxylation is 1. The van der Waals surface area contributed by atoms with Crippen molar-refractivity contribution in [3.63, 3.8) is 0 Å². The molecule has 0 aliphatic heterocycles. The fraction of sp³-hybridized carbons (Fsp3) is 0.118. The van der Waals surface area contributed by atoms with Crippen LogP contribution in [0.15, 0.2) is 53.9 Å². The normalized spacial score (nSPS) is 11.3. The van der Waals surface area contributed by atoms with Crippen LogP contribution in [0.4, 0.5) is 5.69 Å². The number of nitrogens with zero attached hydrogens (tertiary/aromatic N) is 2. The van der Waals surface area contributed by atoms with Gasteiger partial charge in [0.15, 0.2) is 0 Å². The van der Waals surface area contributed by atoms with Crippen molar-refractivity contribution in [3.8, 4) is 0 Å². The van der Waals surface area contributed by atoms with E-state index in [-0.39, 0.29) is 0 Å². The molecule has 0 amide bonds. The molecule has 104 valence electrons. The van der Waals surface area contributed by atoms with Gasteiger partial charge in [0.05, 0.1) is 17.8 Å². The highest BCUT2D eigenvalue weighted by atomic mass is 32.1. The average Bonchev–Trinajstić information content (AvgIpc) is 3.10. The Morgan fingerprint density at radius 2 is 2.05 bits per heavy atom. The lowest BCUT2D eigenvalue weighted by Crippen LogP contribution is -2.01. The Kier molecular flexibility index (Phi) is 2.89. The number of hydrogen-bond donors (Lipinski definition) is 1. The fourth-order valence-electron chi connectivity index (χ4n) is 2.68. The van der Waals surface area contributed by atoms with Crippen LogP contribution in [0, 0.1) is 0 Å². The summed E-state index contributed by atoms with van der Waals surface area (Å²) >= 11 is 1.77. The van der Waals surface area contributed by atoms with Crippen LogP contribution in [0.5, 0.6) is 0 Å². The average molecular weight is 293 g/mol. The molecule has 4 rings (SSSR count). The summed E-state index contributed by atoms with van der Waals surface area (Å²) in [6, 6.07) is 17.0. The maximum Gasteiger partial charge on any atom is 0.0894 e. The smallest absolute Gasteiger partial charge is 0.0894 e. The summed E-state index contributed by atoms with van der Waals surface area (Å²) in [6.07, 6.45) is 0. The van der Waals surface area contributed by atoms with Gasteiger partial charge in [-0.3, -0.25) is 4.68 Å². The Morgan fingerprint density at radius 3 is 3.00 bits per heavy atom. The number of hydrogen-bond acceptors (Lipinski definition) is 3. The van der Waals surface area contributed by atoms with Crippen LogP contribution in [-0.4, -0.2) is 9.78 Å². The third-order valence-corrected chi connectivity index (χ3v) is 4.64. The Morgan fingerprint density at radius 1 is 1.14 bits per heavy atom. The zero-order chi connectivity index (χ0) is 14.2. The van der Waals surface area contributed by atoms with Gasteiger partial charge in [-0.2, -0.15) is 5.10 Å². The highest BCUT2D eigenvalue weighted by molar-refractivity contribution is 7.17. The van der Waals surface area contributed by atoms with Gasteiger partial charge in [-0.15, -0.1) is 11.3 Å². The molecule has 0 fully saturated rings. The molecule has 4 aromatic rings. The van der Waals surface area contributed by atoms with Crippen molar-refractivity contribution in [1.29, 1.82) is 0 Å². The fourth-order valence-corrected chi connectivity index (χ4v) is 3.45. The maximum absolute atomic E-state index is 4.61. The maximum atomic E-state index is 4.61. The molecular weight excluding hydrogens is 278 g/mol. The SMILES string of the molecule is Cn1nc(CNc2ccc3sccc3c2)c2ccccc21. The van der Waals surface area contributed by atoms with Gasteiger partial charge >= 0.3 is 0 Å². The van der Waals surface area contributed by atoms with Gasteiger partial charge in [-0.1, -0.05) is 18.2 Å². The predicted molar refractivity (Wildman–Crippen MR) is 89.9 cm³/mol. The molecule has 0 atom stereocenters. The summed E-state index contributed by atoms with van der Waals surface area (Å²) in [5, 5.41) is 12.7. The van der Waals surface area contributed by atoms with Crippen molar-refractivity contribution in [1.82, 2.24) is 9.78 Å². The van der Waals surface area contributed by atoms with Crippen molar-refractivity contribution < 1.29 is 0 Å². The minimum absolute atomic E-state index is 0.733. The number of thiophene rings is 1. The second kappa shape index (κ2) is 4.90. The molecule has 2 aromatic carbocycles. The van der Waals surface area contributed by atoms with E-state index in [2.05, 4.69) is 58.3 Å². The van der Waals surface area contributed by atoms with E-state index >= 15 is 0 Å². The number of nitrogens with one attached hydrogen (secondary N) is 1. The van der Waals surface area contributed by atoms with Crippen LogP contribution >= 0.6 is 11.3 Å². The van der Waals surface area contributed by atoms with Gasteiger partial charge in [0.25, 0.3) is 0 Å². The highest BCUT2D eigenvalue weighted by Gasteiger charge is 2.07. The van der Waals surface area contributed by atoms with Crippen LogP contribution in [0.1, 0.15) is 5.69 Å². The molecule has 0 saturated carbocycles. The van der Waals surface area contributed by atoms with Crippen LogP contribution in [0.3, 0.4) is 0 Å². The van der Waals surface area contributed by atoms with Gasteiger partial charge in [0, 0.05) is 22.8 Å². The third-order valence-electron chi connectivity index (χ3n) is 3.75. The van der Waals surface area contributed by atoms with Gasteiger partial charge in [0.1, 0.15) is 0 Å². The molecule has 0 aliphatic rings.